The SMILES string of the molecule is COC[C@@H]1CN[C@@]2(Cc3ccc(Cl)cc3)CCCN(C[C@H](Cc3ccccc3)OCN(Cc3ccc(Cl)cc3Oc3ccc(-c4cnc(CN(C)C)n4C)cc3)[C@@H](C)CN1)C2. The van der Waals surface area contributed by atoms with Crippen LogP contribution in [0.2, 0.25) is 10.0 Å². The molecule has 3 heterocycles. The molecule has 61 heavy (non-hydrogen) atoms. The number of nitrogens with zero attached hydrogens (tertiary/aromatic N) is 5. The topological polar surface area (TPSA) is 79.3 Å². The Morgan fingerprint density at radius 2 is 1.70 bits per heavy atom. The lowest BCUT2D eigenvalue weighted by Gasteiger charge is -2.46. The van der Waals surface area contributed by atoms with Crippen LogP contribution in [0.5, 0.6) is 11.5 Å². The molecule has 5 aromatic rings. The molecule has 0 saturated carbocycles. The minimum atomic E-state index is -0.0991. The van der Waals surface area contributed by atoms with Crippen LogP contribution in [0, 0.1) is 0 Å². The standard InChI is InChI=1S/C49H63Cl2N7O3/c1-36-27-52-43(33-59-5)28-54-49(26-38-12-17-41(50)18-13-38)22-9-23-57(34-49)31-45(24-37-10-7-6-8-11-37)60-35-58(36)30-40-14-19-42(51)25-47(40)61-44-20-15-39(16-21-44)46-29-53-48(56(46)4)32-55(2)3/h6-8,10-21,25,29,36,43,45,52,54H,9,22-24,26-28,30-35H2,1-5H3/t36-,43-,45-,49+/m0/s1. The van der Waals surface area contributed by atoms with Crippen molar-refractivity contribution in [3.05, 3.63) is 136 Å². The summed E-state index contributed by atoms with van der Waals surface area (Å²) >= 11 is 13.0. The molecular formula is C49H63Cl2N7O3. The number of halogens is 2. The molecule has 0 amide bonds. The van der Waals surface area contributed by atoms with Gasteiger partial charge in [-0.1, -0.05) is 71.7 Å². The number of nitrogens with one attached hydrogen (secondary N) is 2. The summed E-state index contributed by atoms with van der Waals surface area (Å²) in [7, 11) is 7.95. The van der Waals surface area contributed by atoms with Crippen LogP contribution in [0.15, 0.2) is 103 Å². The van der Waals surface area contributed by atoms with Gasteiger partial charge >= 0.3 is 0 Å². The molecule has 7 rings (SSSR count). The van der Waals surface area contributed by atoms with E-state index in [2.05, 4.69) is 124 Å². The predicted octanol–water partition coefficient (Wildman–Crippen LogP) is 8.31. The Hall–Kier alpha value is -3.81. The lowest BCUT2D eigenvalue weighted by atomic mass is 9.82. The fraction of sp³-hybridized carbons (Fsp3) is 0.449. The zero-order valence-electron chi connectivity index (χ0n) is 36.5. The van der Waals surface area contributed by atoms with Gasteiger partial charge in [-0.05, 0) is 113 Å². The van der Waals surface area contributed by atoms with Gasteiger partial charge in [0, 0.05) is 85.7 Å². The Kier molecular flexibility index (Phi) is 15.9. The number of ether oxygens (including phenoxy) is 3. The molecule has 2 aliphatic heterocycles. The summed E-state index contributed by atoms with van der Waals surface area (Å²) in [5, 5.41) is 9.36. The van der Waals surface area contributed by atoms with Crippen molar-refractivity contribution in [3.63, 3.8) is 0 Å². The van der Waals surface area contributed by atoms with Gasteiger partial charge in [-0.3, -0.25) is 9.80 Å². The maximum atomic E-state index is 7.07. The Labute approximate surface area is 373 Å². The van der Waals surface area contributed by atoms with Crippen molar-refractivity contribution >= 4 is 23.2 Å². The van der Waals surface area contributed by atoms with E-state index in [0.717, 1.165) is 104 Å². The predicted molar refractivity (Wildman–Crippen MR) is 248 cm³/mol. The van der Waals surface area contributed by atoms with Crippen molar-refractivity contribution in [1.82, 2.24) is 34.9 Å². The van der Waals surface area contributed by atoms with Gasteiger partial charge in [0.1, 0.15) is 17.3 Å². The van der Waals surface area contributed by atoms with Crippen molar-refractivity contribution in [2.45, 2.75) is 69.4 Å². The van der Waals surface area contributed by atoms with Crippen LogP contribution >= 0.6 is 23.2 Å². The Morgan fingerprint density at radius 1 is 0.934 bits per heavy atom. The van der Waals surface area contributed by atoms with E-state index in [-0.39, 0.29) is 23.7 Å². The maximum Gasteiger partial charge on any atom is 0.133 e. The molecule has 2 bridgehead atoms. The summed E-state index contributed by atoms with van der Waals surface area (Å²) < 4.78 is 21.6. The first-order chi connectivity index (χ1) is 29.5. The number of methoxy groups -OCH3 is 1. The molecule has 5 atom stereocenters. The zero-order chi connectivity index (χ0) is 42.8. The zero-order valence-corrected chi connectivity index (χ0v) is 38.0. The average Bonchev–Trinajstić information content (AvgIpc) is 3.60. The smallest absolute Gasteiger partial charge is 0.133 e. The molecule has 1 unspecified atom stereocenters. The van der Waals surface area contributed by atoms with E-state index < -0.39 is 0 Å². The van der Waals surface area contributed by atoms with Gasteiger partial charge in [0.05, 0.1) is 37.9 Å². The molecule has 1 aromatic heterocycles. The Morgan fingerprint density at radius 3 is 2.46 bits per heavy atom. The highest BCUT2D eigenvalue weighted by Gasteiger charge is 2.37. The van der Waals surface area contributed by atoms with E-state index in [1.807, 2.05) is 42.6 Å². The summed E-state index contributed by atoms with van der Waals surface area (Å²) in [4.78, 5) is 11.8. The molecule has 2 saturated heterocycles. The molecule has 10 nitrogen and oxygen atoms in total. The van der Waals surface area contributed by atoms with Crippen LogP contribution < -0.4 is 15.4 Å². The highest BCUT2D eigenvalue weighted by molar-refractivity contribution is 6.31. The van der Waals surface area contributed by atoms with E-state index in [1.165, 1.54) is 11.1 Å². The molecule has 4 aromatic carbocycles. The molecule has 0 spiro atoms. The summed E-state index contributed by atoms with van der Waals surface area (Å²) in [5.74, 6) is 2.48. The third-order valence-electron chi connectivity index (χ3n) is 12.1. The van der Waals surface area contributed by atoms with Gasteiger partial charge in [-0.15, -0.1) is 0 Å². The second-order valence-electron chi connectivity index (χ2n) is 17.3. The number of rotatable bonds is 13. The summed E-state index contributed by atoms with van der Waals surface area (Å²) in [6.07, 6.45) is 5.87. The van der Waals surface area contributed by atoms with E-state index >= 15 is 0 Å². The largest absolute Gasteiger partial charge is 0.457 e. The molecular weight excluding hydrogens is 805 g/mol. The van der Waals surface area contributed by atoms with Crippen LogP contribution in [0.3, 0.4) is 0 Å². The van der Waals surface area contributed by atoms with Gasteiger partial charge in [-0.25, -0.2) is 4.98 Å². The highest BCUT2D eigenvalue weighted by Crippen LogP contribution is 2.32. The quantitative estimate of drug-likeness (QED) is 0.122. The lowest BCUT2D eigenvalue weighted by Crippen LogP contribution is -2.62. The summed E-state index contributed by atoms with van der Waals surface area (Å²) in [5.41, 5.74) is 5.63. The first-order valence-corrected chi connectivity index (χ1v) is 22.4. The van der Waals surface area contributed by atoms with E-state index in [1.54, 1.807) is 7.11 Å². The first kappa shape index (κ1) is 45.2. The van der Waals surface area contributed by atoms with Crippen molar-refractivity contribution < 1.29 is 14.2 Å². The van der Waals surface area contributed by atoms with E-state index in [9.17, 15) is 0 Å². The second kappa shape index (κ2) is 21.5. The van der Waals surface area contributed by atoms with Crippen LogP contribution in [0.25, 0.3) is 11.3 Å². The van der Waals surface area contributed by atoms with Crippen LogP contribution in [0.4, 0.5) is 0 Å². The monoisotopic (exact) mass is 867 g/mol. The number of hydrogen-bond acceptors (Lipinski definition) is 9. The Bertz CT molecular complexity index is 2120. The molecule has 2 fully saturated rings. The van der Waals surface area contributed by atoms with Crippen molar-refractivity contribution in [2.75, 3.05) is 67.3 Å². The molecule has 326 valence electrons. The van der Waals surface area contributed by atoms with Crippen LogP contribution in [-0.4, -0.2) is 115 Å². The van der Waals surface area contributed by atoms with Crippen LogP contribution in [0.1, 0.15) is 42.3 Å². The average molecular weight is 869 g/mol. The van der Waals surface area contributed by atoms with Gasteiger partial charge in [0.2, 0.25) is 0 Å². The van der Waals surface area contributed by atoms with E-state index in [0.29, 0.717) is 24.9 Å². The minimum absolute atomic E-state index is 0.0154. The van der Waals surface area contributed by atoms with Gasteiger partial charge < -0.3 is 34.3 Å². The third kappa shape index (κ3) is 12.7. The van der Waals surface area contributed by atoms with E-state index in [4.69, 9.17) is 37.4 Å². The van der Waals surface area contributed by atoms with Gasteiger partial charge in [0.25, 0.3) is 0 Å². The van der Waals surface area contributed by atoms with Gasteiger partial charge in [0.15, 0.2) is 0 Å². The van der Waals surface area contributed by atoms with Crippen molar-refractivity contribution in [2.24, 2.45) is 7.05 Å². The fourth-order valence-corrected chi connectivity index (χ4v) is 9.02. The molecule has 2 aliphatic rings. The summed E-state index contributed by atoms with van der Waals surface area (Å²) in [6, 6.07) is 33.4. The third-order valence-corrected chi connectivity index (χ3v) is 12.6. The number of fused-ring (bicyclic) bond motifs is 2. The van der Waals surface area contributed by atoms with Crippen molar-refractivity contribution in [1.29, 1.82) is 0 Å². The van der Waals surface area contributed by atoms with Crippen molar-refractivity contribution in [3.8, 4) is 22.8 Å². The highest BCUT2D eigenvalue weighted by atomic mass is 35.5. The number of piperidine rings is 1. The van der Waals surface area contributed by atoms with Crippen LogP contribution in [-0.2, 0) is 42.5 Å². The summed E-state index contributed by atoms with van der Waals surface area (Å²) in [6.45, 7) is 9.03. The number of aromatic nitrogens is 2. The minimum Gasteiger partial charge on any atom is -0.457 e. The fourth-order valence-electron chi connectivity index (χ4n) is 8.73. The Balaban J connectivity index is 1.13. The number of imidazole rings is 1. The molecule has 12 heteroatoms. The first-order valence-electron chi connectivity index (χ1n) is 21.6. The maximum absolute atomic E-state index is 7.07. The van der Waals surface area contributed by atoms with Gasteiger partial charge in [-0.2, -0.15) is 0 Å². The number of hydrogen-bond donors (Lipinski definition) is 2. The number of benzene rings is 4. The lowest BCUT2D eigenvalue weighted by molar-refractivity contribution is -0.0581. The normalized spacial score (nSPS) is 23.1. The second-order valence-corrected chi connectivity index (χ2v) is 18.2. The molecule has 0 radical (unpaired) electrons. The molecule has 0 aliphatic carbocycles. The molecule has 2 N–H and O–H groups in total.